The molecular weight excluding hydrogens is 260 g/mol. The van der Waals surface area contributed by atoms with Crippen molar-refractivity contribution in [2.45, 2.75) is 6.42 Å². The first-order valence-corrected chi connectivity index (χ1v) is 5.94. The molecule has 0 radical (unpaired) electrons. The number of hydrogen-bond donors (Lipinski definition) is 0. The van der Waals surface area contributed by atoms with Crippen molar-refractivity contribution < 1.29 is 9.59 Å². The van der Waals surface area contributed by atoms with Crippen LogP contribution in [-0.4, -0.2) is 40.2 Å². The molecule has 4 nitrogen and oxygen atoms in total. The number of hydrogen-bond acceptors (Lipinski definition) is 2. The molecule has 1 fully saturated rings. The smallest absolute Gasteiger partial charge is 0.285 e. The lowest BCUT2D eigenvalue weighted by Gasteiger charge is -2.16. The Hall–Kier alpha value is -1.10. The lowest BCUT2D eigenvalue weighted by atomic mass is 10.2. The minimum absolute atomic E-state index is 0.176. The maximum absolute atomic E-state index is 11.8. The summed E-state index contributed by atoms with van der Waals surface area (Å²) in [6.07, 6.45) is 6.15. The molecule has 15 heavy (non-hydrogen) atoms. The number of allylic oxidation sites excluding steroid dienone is 2. The van der Waals surface area contributed by atoms with Gasteiger partial charge in [-0.05, 0) is 12.5 Å². The molecule has 0 bridgehead atoms. The van der Waals surface area contributed by atoms with E-state index in [1.54, 1.807) is 6.08 Å². The topological polar surface area (TPSA) is 40.6 Å². The summed E-state index contributed by atoms with van der Waals surface area (Å²) >= 11 is 3.28. The minimum Gasteiger partial charge on any atom is -0.285 e. The highest BCUT2D eigenvalue weighted by Crippen LogP contribution is 2.23. The van der Waals surface area contributed by atoms with E-state index in [4.69, 9.17) is 0 Å². The predicted molar refractivity (Wildman–Crippen MR) is 59.4 cm³/mol. The van der Waals surface area contributed by atoms with Crippen LogP contribution in [0.15, 0.2) is 23.9 Å². The third-order valence-corrected chi connectivity index (χ3v) is 2.97. The van der Waals surface area contributed by atoms with Gasteiger partial charge in [0.2, 0.25) is 0 Å². The lowest BCUT2D eigenvalue weighted by Crippen LogP contribution is -2.34. The predicted octanol–water partition coefficient (Wildman–Crippen LogP) is 1.49. The number of imide groups is 1. The second-order valence-corrected chi connectivity index (χ2v) is 4.17. The molecule has 0 aliphatic carbocycles. The zero-order chi connectivity index (χ0) is 10.8. The van der Waals surface area contributed by atoms with E-state index in [0.717, 1.165) is 11.8 Å². The molecule has 0 atom stereocenters. The second-order valence-electron chi connectivity index (χ2n) is 3.37. The summed E-state index contributed by atoms with van der Waals surface area (Å²) in [4.78, 5) is 26.4. The van der Waals surface area contributed by atoms with Crippen molar-refractivity contribution in [3.8, 4) is 0 Å². The van der Waals surface area contributed by atoms with Gasteiger partial charge < -0.3 is 0 Å². The largest absolute Gasteiger partial charge is 0.331 e. The number of rotatable bonds is 3. The van der Waals surface area contributed by atoms with Gasteiger partial charge in [-0.3, -0.25) is 14.6 Å². The summed E-state index contributed by atoms with van der Waals surface area (Å²) in [5.41, 5.74) is 0.497. The van der Waals surface area contributed by atoms with Gasteiger partial charge in [0.15, 0.2) is 0 Å². The highest BCUT2D eigenvalue weighted by molar-refractivity contribution is 9.09. The average Bonchev–Trinajstić information content (AvgIpc) is 2.51. The zero-order valence-corrected chi connectivity index (χ0v) is 9.74. The third-order valence-electron chi connectivity index (χ3n) is 2.41. The molecule has 0 saturated carbocycles. The molecule has 0 aromatic carbocycles. The number of amides is 3. The van der Waals surface area contributed by atoms with E-state index in [9.17, 15) is 9.59 Å². The number of fused-ring (bicyclic) bond motifs is 1. The number of urea groups is 1. The van der Waals surface area contributed by atoms with Gasteiger partial charge in [-0.1, -0.05) is 28.1 Å². The molecule has 3 amide bonds. The zero-order valence-electron chi connectivity index (χ0n) is 8.15. The summed E-state index contributed by atoms with van der Waals surface area (Å²) in [5, 5.41) is 0.793. The summed E-state index contributed by atoms with van der Waals surface area (Å²) in [5.74, 6) is -0.176. The van der Waals surface area contributed by atoms with Gasteiger partial charge in [-0.2, -0.15) is 0 Å². The van der Waals surface area contributed by atoms with Crippen LogP contribution in [-0.2, 0) is 4.79 Å². The minimum atomic E-state index is -0.198. The summed E-state index contributed by atoms with van der Waals surface area (Å²) < 4.78 is 0. The Kier molecular flexibility index (Phi) is 2.90. The van der Waals surface area contributed by atoms with E-state index in [2.05, 4.69) is 15.9 Å². The molecule has 1 saturated heterocycles. The summed E-state index contributed by atoms with van der Waals surface area (Å²) in [7, 11) is 0. The average molecular weight is 271 g/mol. The highest BCUT2D eigenvalue weighted by atomic mass is 79.9. The van der Waals surface area contributed by atoms with Crippen LogP contribution in [0.3, 0.4) is 0 Å². The number of carbonyl (C=O) groups is 2. The van der Waals surface area contributed by atoms with Crippen molar-refractivity contribution in [3.05, 3.63) is 23.9 Å². The number of alkyl halides is 1. The molecule has 0 aromatic heterocycles. The van der Waals surface area contributed by atoms with E-state index in [1.807, 2.05) is 12.2 Å². The second kappa shape index (κ2) is 4.18. The van der Waals surface area contributed by atoms with Crippen molar-refractivity contribution >= 4 is 27.9 Å². The molecule has 2 heterocycles. The summed E-state index contributed by atoms with van der Waals surface area (Å²) in [6, 6.07) is -0.198. The van der Waals surface area contributed by atoms with Gasteiger partial charge in [0.1, 0.15) is 5.70 Å². The van der Waals surface area contributed by atoms with E-state index < -0.39 is 0 Å². The molecule has 5 heteroatoms. The molecule has 80 valence electrons. The molecular formula is C10H11BrN2O2. The maximum atomic E-state index is 11.8. The third kappa shape index (κ3) is 1.71. The number of halogens is 1. The molecule has 2 rings (SSSR count). The van der Waals surface area contributed by atoms with Gasteiger partial charge in [-0.15, -0.1) is 0 Å². The van der Waals surface area contributed by atoms with E-state index >= 15 is 0 Å². The van der Waals surface area contributed by atoms with E-state index in [1.165, 1.54) is 9.80 Å². The Balaban J connectivity index is 2.17. The number of carbonyl (C=O) groups excluding carboxylic acids is 2. The first kappa shape index (κ1) is 10.4. The van der Waals surface area contributed by atoms with E-state index in [-0.39, 0.29) is 11.9 Å². The van der Waals surface area contributed by atoms with Crippen LogP contribution in [0.2, 0.25) is 0 Å². The monoisotopic (exact) mass is 270 g/mol. The quantitative estimate of drug-likeness (QED) is 0.576. The highest BCUT2D eigenvalue weighted by Gasteiger charge is 2.40. The van der Waals surface area contributed by atoms with Gasteiger partial charge >= 0.3 is 6.03 Å². The van der Waals surface area contributed by atoms with Crippen LogP contribution in [0.5, 0.6) is 0 Å². The van der Waals surface area contributed by atoms with Gasteiger partial charge in [-0.25, -0.2) is 4.79 Å². The van der Waals surface area contributed by atoms with Crippen molar-refractivity contribution in [2.24, 2.45) is 0 Å². The molecule has 2 aliphatic heterocycles. The standard InChI is InChI=1S/C10H11BrN2O2/c11-5-3-7-13-9(14)8-4-1-2-6-12(8)10(13)15/h1-2,4H,3,5-7H2. The van der Waals surface area contributed by atoms with E-state index in [0.29, 0.717) is 18.8 Å². The Bertz CT molecular complexity index is 362. The Morgan fingerprint density at radius 1 is 1.40 bits per heavy atom. The van der Waals surface area contributed by atoms with Crippen molar-refractivity contribution in [1.82, 2.24) is 9.80 Å². The van der Waals surface area contributed by atoms with Crippen LogP contribution < -0.4 is 0 Å². The number of nitrogens with zero attached hydrogens (tertiary/aromatic N) is 2. The van der Waals surface area contributed by atoms with Crippen molar-refractivity contribution in [3.63, 3.8) is 0 Å². The van der Waals surface area contributed by atoms with Crippen molar-refractivity contribution in [1.29, 1.82) is 0 Å². The Labute approximate surface area is 96.3 Å². The van der Waals surface area contributed by atoms with Crippen LogP contribution >= 0.6 is 15.9 Å². The fourth-order valence-corrected chi connectivity index (χ4v) is 1.92. The molecule has 0 N–H and O–H groups in total. The Morgan fingerprint density at radius 2 is 2.20 bits per heavy atom. The molecule has 0 spiro atoms. The van der Waals surface area contributed by atoms with Gasteiger partial charge in [0.25, 0.3) is 5.91 Å². The van der Waals surface area contributed by atoms with Gasteiger partial charge in [0.05, 0.1) is 0 Å². The Morgan fingerprint density at radius 3 is 2.87 bits per heavy atom. The normalized spacial score (nSPS) is 19.7. The van der Waals surface area contributed by atoms with Crippen molar-refractivity contribution in [2.75, 3.05) is 18.4 Å². The van der Waals surface area contributed by atoms with Crippen LogP contribution in [0.1, 0.15) is 6.42 Å². The fraction of sp³-hybridized carbons (Fsp3) is 0.400. The first-order chi connectivity index (χ1) is 7.25. The molecule has 0 unspecified atom stereocenters. The van der Waals surface area contributed by atoms with Crippen LogP contribution in [0.4, 0.5) is 4.79 Å². The molecule has 2 aliphatic rings. The van der Waals surface area contributed by atoms with Crippen LogP contribution in [0.25, 0.3) is 0 Å². The van der Waals surface area contributed by atoms with Crippen LogP contribution in [0, 0.1) is 0 Å². The SMILES string of the molecule is O=C1C2=CC=CCN2C(=O)N1CCCBr. The first-order valence-electron chi connectivity index (χ1n) is 4.82. The maximum Gasteiger partial charge on any atom is 0.331 e. The molecule has 0 aromatic rings. The lowest BCUT2D eigenvalue weighted by molar-refractivity contribution is -0.123. The fourth-order valence-electron chi connectivity index (χ4n) is 1.67. The van der Waals surface area contributed by atoms with Gasteiger partial charge in [0, 0.05) is 18.4 Å². The summed E-state index contributed by atoms with van der Waals surface area (Å²) in [6.45, 7) is 0.984.